The van der Waals surface area contributed by atoms with Crippen LogP contribution in [0.5, 0.6) is 11.5 Å². The maximum atomic E-state index is 12.8. The second-order valence-electron chi connectivity index (χ2n) is 10.9. The summed E-state index contributed by atoms with van der Waals surface area (Å²) in [6, 6.07) is 11.9. The molecule has 0 aliphatic rings. The monoisotopic (exact) mass is 568 g/mol. The van der Waals surface area contributed by atoms with Gasteiger partial charge in [-0.15, -0.1) is 0 Å². The van der Waals surface area contributed by atoms with E-state index in [-0.39, 0.29) is 35.9 Å². The second kappa shape index (κ2) is 14.7. The topological polar surface area (TPSA) is 139 Å². The summed E-state index contributed by atoms with van der Waals surface area (Å²) in [4.78, 5) is 34.2. The molecular weight excluding hydrogens is 529 g/mol. The van der Waals surface area contributed by atoms with Crippen molar-refractivity contribution in [3.63, 3.8) is 0 Å². The van der Waals surface area contributed by atoms with Gasteiger partial charge < -0.3 is 26.0 Å². The van der Waals surface area contributed by atoms with Crippen LogP contribution in [-0.4, -0.2) is 46.8 Å². The molecule has 2 aromatic rings. The first-order chi connectivity index (χ1) is 18.3. The van der Waals surface area contributed by atoms with E-state index < -0.39 is 23.6 Å². The van der Waals surface area contributed by atoms with Crippen LogP contribution in [-0.2, 0) is 20.8 Å². The maximum Gasteiger partial charge on any atom is 0.490 e. The Balaban J connectivity index is 0.00000101. The van der Waals surface area contributed by atoms with E-state index in [1.807, 2.05) is 32.0 Å². The molecule has 0 aliphatic heterocycles. The number of benzene rings is 2. The Kier molecular flexibility index (Phi) is 12.6. The molecule has 1 amide bonds. The molecule has 0 bridgehead atoms. The molecule has 8 nitrogen and oxygen atoms in total. The van der Waals surface area contributed by atoms with E-state index >= 15 is 0 Å². The maximum absolute atomic E-state index is 12.8. The lowest BCUT2D eigenvalue weighted by Gasteiger charge is -2.26. The van der Waals surface area contributed by atoms with Crippen molar-refractivity contribution in [1.29, 1.82) is 0 Å². The number of aromatic hydroxyl groups is 1. The largest absolute Gasteiger partial charge is 0.508 e. The van der Waals surface area contributed by atoms with Gasteiger partial charge in [0.1, 0.15) is 11.5 Å². The average Bonchev–Trinajstić information content (AvgIpc) is 2.83. The summed E-state index contributed by atoms with van der Waals surface area (Å²) >= 11 is 0. The lowest BCUT2D eigenvalue weighted by molar-refractivity contribution is -0.192. The van der Waals surface area contributed by atoms with Crippen LogP contribution in [0.2, 0.25) is 0 Å². The molecule has 1 atom stereocenters. The highest BCUT2D eigenvalue weighted by Crippen LogP contribution is 2.35. The molecule has 0 saturated carbocycles. The molecule has 5 N–H and O–H groups in total. The third-order valence-electron chi connectivity index (χ3n) is 5.87. The van der Waals surface area contributed by atoms with Gasteiger partial charge in [-0.25, -0.2) is 4.79 Å². The average molecular weight is 569 g/mol. The Labute approximate surface area is 232 Å². The molecule has 222 valence electrons. The van der Waals surface area contributed by atoms with E-state index in [0.29, 0.717) is 18.7 Å². The predicted octanol–water partition coefficient (Wildman–Crippen LogP) is 5.28. The number of carbonyl (C=O) groups is 3. The van der Waals surface area contributed by atoms with Gasteiger partial charge in [0, 0.05) is 6.54 Å². The van der Waals surface area contributed by atoms with E-state index in [0.717, 1.165) is 16.7 Å². The van der Waals surface area contributed by atoms with Crippen molar-refractivity contribution >= 4 is 17.8 Å². The van der Waals surface area contributed by atoms with Gasteiger partial charge in [-0.05, 0) is 52.5 Å². The van der Waals surface area contributed by atoms with E-state index in [2.05, 4.69) is 33.0 Å². The first-order valence-corrected chi connectivity index (χ1v) is 12.8. The van der Waals surface area contributed by atoms with E-state index in [9.17, 15) is 27.9 Å². The highest BCUT2D eigenvalue weighted by atomic mass is 19.4. The molecule has 40 heavy (non-hydrogen) atoms. The lowest BCUT2D eigenvalue weighted by Crippen LogP contribution is -2.45. The molecule has 0 spiro atoms. The van der Waals surface area contributed by atoms with Crippen molar-refractivity contribution in [3.05, 3.63) is 59.2 Å². The molecule has 0 heterocycles. The number of rotatable bonds is 10. The van der Waals surface area contributed by atoms with Gasteiger partial charge >= 0.3 is 18.1 Å². The van der Waals surface area contributed by atoms with Crippen LogP contribution < -0.4 is 15.8 Å². The number of halogens is 3. The number of phenolic OH excluding ortho intramolecular Hbond substituents is 1. The first kappa shape index (κ1) is 34.4. The van der Waals surface area contributed by atoms with Crippen LogP contribution in [0.1, 0.15) is 76.5 Å². The summed E-state index contributed by atoms with van der Waals surface area (Å²) in [6.45, 7) is 12.5. The fourth-order valence-corrected chi connectivity index (χ4v) is 3.64. The Morgan fingerprint density at radius 3 is 1.85 bits per heavy atom. The SMILES string of the molecule is CC(C)c1cccc(C(C)C)c1OC(=O)CC(C)(C)CNC(=O)[C@@H](N)Cc1ccc(O)cc1.O=C(O)C(F)(F)F. The number of para-hydroxylation sites is 1. The fourth-order valence-electron chi connectivity index (χ4n) is 3.64. The van der Waals surface area contributed by atoms with E-state index in [1.165, 1.54) is 0 Å². The lowest BCUT2D eigenvalue weighted by atomic mass is 9.89. The van der Waals surface area contributed by atoms with Crippen LogP contribution >= 0.6 is 0 Å². The molecule has 0 radical (unpaired) electrons. The number of aliphatic carboxylic acids is 1. The van der Waals surface area contributed by atoms with Crippen LogP contribution in [0.15, 0.2) is 42.5 Å². The van der Waals surface area contributed by atoms with Gasteiger partial charge in [-0.1, -0.05) is 71.9 Å². The number of alkyl halides is 3. The summed E-state index contributed by atoms with van der Waals surface area (Å²) < 4.78 is 37.6. The minimum atomic E-state index is -5.08. The van der Waals surface area contributed by atoms with E-state index in [4.69, 9.17) is 20.4 Å². The molecule has 0 fully saturated rings. The minimum Gasteiger partial charge on any atom is -0.508 e. The molecule has 0 unspecified atom stereocenters. The summed E-state index contributed by atoms with van der Waals surface area (Å²) in [6.07, 6.45) is -4.57. The van der Waals surface area contributed by atoms with Crippen LogP contribution in [0.4, 0.5) is 13.2 Å². The number of amides is 1. The standard InChI is InChI=1S/C27H38N2O4.C2HF3O2/c1-17(2)21-8-7-9-22(18(3)4)25(21)33-24(31)15-27(5,6)16-29-26(32)23(28)14-19-10-12-20(30)13-11-19;3-2(4,5)1(6)7/h7-13,17-18,23,30H,14-16,28H2,1-6H3,(H,29,32);(H,6,7)/t23-;/m0./s1. The molecule has 11 heteroatoms. The predicted molar refractivity (Wildman–Crippen MR) is 145 cm³/mol. The molecular formula is C29H39F3N2O6. The van der Waals surface area contributed by atoms with Gasteiger partial charge in [-0.3, -0.25) is 9.59 Å². The Hall–Kier alpha value is -3.60. The number of nitrogens with two attached hydrogens (primary N) is 1. The van der Waals surface area contributed by atoms with Crippen molar-refractivity contribution in [2.45, 2.75) is 78.4 Å². The van der Waals surface area contributed by atoms with Crippen molar-refractivity contribution in [3.8, 4) is 11.5 Å². The van der Waals surface area contributed by atoms with Crippen molar-refractivity contribution in [1.82, 2.24) is 5.32 Å². The van der Waals surface area contributed by atoms with Gasteiger partial charge in [0.2, 0.25) is 5.91 Å². The van der Waals surface area contributed by atoms with Crippen molar-refractivity contribution < 1.29 is 42.5 Å². The Bertz CT molecular complexity index is 1120. The summed E-state index contributed by atoms with van der Waals surface area (Å²) in [5.74, 6) is -2.07. The fraction of sp³-hybridized carbons (Fsp3) is 0.483. The van der Waals surface area contributed by atoms with Crippen LogP contribution in [0, 0.1) is 5.41 Å². The molecule has 0 saturated heterocycles. The van der Waals surface area contributed by atoms with E-state index in [1.54, 1.807) is 24.3 Å². The summed E-state index contributed by atoms with van der Waals surface area (Å²) in [5, 5.41) is 19.4. The highest BCUT2D eigenvalue weighted by molar-refractivity contribution is 5.82. The highest BCUT2D eigenvalue weighted by Gasteiger charge is 2.38. The number of ether oxygens (including phenoxy) is 1. The summed E-state index contributed by atoms with van der Waals surface area (Å²) in [7, 11) is 0. The smallest absolute Gasteiger partial charge is 0.490 e. The van der Waals surface area contributed by atoms with Gasteiger partial charge in [0.25, 0.3) is 0 Å². The number of hydrogen-bond acceptors (Lipinski definition) is 6. The second-order valence-corrected chi connectivity index (χ2v) is 10.9. The zero-order valence-electron chi connectivity index (χ0n) is 23.6. The molecule has 0 aromatic heterocycles. The van der Waals surface area contributed by atoms with Crippen LogP contribution in [0.25, 0.3) is 0 Å². The Morgan fingerprint density at radius 1 is 0.950 bits per heavy atom. The normalized spacial score (nSPS) is 12.4. The van der Waals surface area contributed by atoms with Crippen molar-refractivity contribution in [2.24, 2.45) is 11.1 Å². The van der Waals surface area contributed by atoms with Gasteiger partial charge in [-0.2, -0.15) is 13.2 Å². The summed E-state index contributed by atoms with van der Waals surface area (Å²) in [5.41, 5.74) is 8.43. The van der Waals surface area contributed by atoms with Crippen molar-refractivity contribution in [2.75, 3.05) is 6.54 Å². The number of carbonyl (C=O) groups excluding carboxylic acids is 2. The zero-order chi connectivity index (χ0) is 30.8. The van der Waals surface area contributed by atoms with Crippen LogP contribution in [0.3, 0.4) is 0 Å². The molecule has 2 aromatic carbocycles. The Morgan fingerprint density at radius 2 is 1.43 bits per heavy atom. The first-order valence-electron chi connectivity index (χ1n) is 12.8. The van der Waals surface area contributed by atoms with Gasteiger partial charge in [0.05, 0.1) is 12.5 Å². The van der Waals surface area contributed by atoms with Gasteiger partial charge in [0.15, 0.2) is 0 Å². The number of carboxylic acids is 1. The number of esters is 1. The third-order valence-corrected chi connectivity index (χ3v) is 5.87. The number of phenols is 1. The number of nitrogens with one attached hydrogen (secondary N) is 1. The number of hydrogen-bond donors (Lipinski definition) is 4. The number of carboxylic acid groups (broad SMARTS) is 1. The molecule has 0 aliphatic carbocycles. The molecule has 2 rings (SSSR count). The third kappa shape index (κ3) is 11.6. The minimum absolute atomic E-state index is 0.157. The zero-order valence-corrected chi connectivity index (χ0v) is 23.6. The quantitative estimate of drug-likeness (QED) is 0.226.